The summed E-state index contributed by atoms with van der Waals surface area (Å²) in [6.45, 7) is 6.32. The zero-order valence-corrected chi connectivity index (χ0v) is 14.8. The van der Waals surface area contributed by atoms with Gasteiger partial charge in [-0.3, -0.25) is 9.59 Å². The summed E-state index contributed by atoms with van der Waals surface area (Å²) in [5, 5.41) is 3.39. The number of aromatic nitrogens is 1. The predicted octanol–water partition coefficient (Wildman–Crippen LogP) is 1.51. The first-order chi connectivity index (χ1) is 11.7. The molecule has 0 spiro atoms. The Morgan fingerprint density at radius 1 is 1.42 bits per heavy atom. The highest BCUT2D eigenvalue weighted by Gasteiger charge is 2.34. The number of amides is 2. The molecule has 1 saturated heterocycles. The Bertz CT molecular complexity index is 604. The third kappa shape index (κ3) is 3.89. The molecule has 24 heavy (non-hydrogen) atoms. The van der Waals surface area contributed by atoms with Crippen molar-refractivity contribution in [2.45, 2.75) is 36.5 Å². The number of carbonyl (C=O) groups is 2. The van der Waals surface area contributed by atoms with Crippen molar-refractivity contribution in [2.75, 3.05) is 37.6 Å². The summed E-state index contributed by atoms with van der Waals surface area (Å²) < 4.78 is 0. The Balaban J connectivity index is 1.54. The zero-order chi connectivity index (χ0) is 16.9. The van der Waals surface area contributed by atoms with Crippen LogP contribution in [0.5, 0.6) is 0 Å². The van der Waals surface area contributed by atoms with Gasteiger partial charge in [-0.15, -0.1) is 0 Å². The van der Waals surface area contributed by atoms with Crippen molar-refractivity contribution in [1.29, 1.82) is 0 Å². The number of rotatable bonds is 6. The SMILES string of the molecule is CCN1C(=O)C(CC(=O)NCCN2CCCC2)Sc2ncccc21. The van der Waals surface area contributed by atoms with E-state index in [-0.39, 0.29) is 23.5 Å². The molecule has 6 nitrogen and oxygen atoms in total. The number of fused-ring (bicyclic) bond motifs is 1. The summed E-state index contributed by atoms with van der Waals surface area (Å²) >= 11 is 1.40. The lowest BCUT2D eigenvalue weighted by atomic mass is 10.2. The topological polar surface area (TPSA) is 65.5 Å². The molecule has 0 aromatic carbocycles. The normalized spacial score (nSPS) is 21.0. The minimum Gasteiger partial charge on any atom is -0.355 e. The first kappa shape index (κ1) is 17.2. The molecule has 1 aromatic heterocycles. The maximum Gasteiger partial charge on any atom is 0.241 e. The van der Waals surface area contributed by atoms with Crippen molar-refractivity contribution in [3.8, 4) is 0 Å². The fourth-order valence-electron chi connectivity index (χ4n) is 3.21. The maximum atomic E-state index is 12.6. The summed E-state index contributed by atoms with van der Waals surface area (Å²) in [7, 11) is 0. The molecule has 1 N–H and O–H groups in total. The van der Waals surface area contributed by atoms with Crippen LogP contribution in [0.1, 0.15) is 26.2 Å². The molecule has 1 fully saturated rings. The van der Waals surface area contributed by atoms with Crippen LogP contribution in [-0.4, -0.2) is 59.7 Å². The highest BCUT2D eigenvalue weighted by atomic mass is 32.2. The molecular formula is C17H24N4O2S. The first-order valence-electron chi connectivity index (χ1n) is 8.61. The van der Waals surface area contributed by atoms with E-state index in [1.807, 2.05) is 19.1 Å². The zero-order valence-electron chi connectivity index (χ0n) is 14.0. The van der Waals surface area contributed by atoms with Gasteiger partial charge in [0.05, 0.1) is 10.9 Å². The van der Waals surface area contributed by atoms with E-state index in [0.717, 1.165) is 30.3 Å². The summed E-state index contributed by atoms with van der Waals surface area (Å²) in [6, 6.07) is 3.74. The van der Waals surface area contributed by atoms with Gasteiger partial charge in [-0.25, -0.2) is 4.98 Å². The van der Waals surface area contributed by atoms with Gasteiger partial charge in [0.1, 0.15) is 5.03 Å². The van der Waals surface area contributed by atoms with Crippen LogP contribution >= 0.6 is 11.8 Å². The minimum atomic E-state index is -0.390. The third-order valence-electron chi connectivity index (χ3n) is 4.47. The van der Waals surface area contributed by atoms with Crippen LogP contribution in [0.2, 0.25) is 0 Å². The number of thioether (sulfide) groups is 1. The van der Waals surface area contributed by atoms with Gasteiger partial charge in [0, 0.05) is 32.3 Å². The lowest BCUT2D eigenvalue weighted by molar-refractivity contribution is -0.124. The summed E-state index contributed by atoms with van der Waals surface area (Å²) in [4.78, 5) is 33.3. The maximum absolute atomic E-state index is 12.6. The van der Waals surface area contributed by atoms with E-state index in [1.54, 1.807) is 11.1 Å². The second-order valence-electron chi connectivity index (χ2n) is 6.12. The molecule has 7 heteroatoms. The first-order valence-corrected chi connectivity index (χ1v) is 9.49. The standard InChI is InChI=1S/C17H24N4O2S/c1-2-21-13-6-5-7-19-16(13)24-14(17(21)23)12-15(22)18-8-11-20-9-3-4-10-20/h5-7,14H,2-4,8-12H2,1H3,(H,18,22). The molecule has 1 aromatic rings. The van der Waals surface area contributed by atoms with Gasteiger partial charge in [-0.1, -0.05) is 11.8 Å². The molecule has 2 aliphatic rings. The number of pyridine rings is 1. The average Bonchev–Trinajstić information content (AvgIpc) is 3.09. The lowest BCUT2D eigenvalue weighted by Gasteiger charge is -2.31. The number of carbonyl (C=O) groups excluding carboxylic acids is 2. The highest BCUT2D eigenvalue weighted by molar-refractivity contribution is 8.00. The largest absolute Gasteiger partial charge is 0.355 e. The lowest BCUT2D eigenvalue weighted by Crippen LogP contribution is -2.43. The van der Waals surface area contributed by atoms with E-state index in [2.05, 4.69) is 15.2 Å². The van der Waals surface area contributed by atoms with Crippen LogP contribution in [0.25, 0.3) is 0 Å². The number of nitrogens with one attached hydrogen (secondary N) is 1. The molecule has 3 heterocycles. The van der Waals surface area contributed by atoms with Crippen LogP contribution in [0.15, 0.2) is 23.4 Å². The Hall–Kier alpha value is -1.60. The smallest absolute Gasteiger partial charge is 0.241 e. The van der Waals surface area contributed by atoms with Gasteiger partial charge in [0.15, 0.2) is 0 Å². The number of hydrogen-bond donors (Lipinski definition) is 1. The van der Waals surface area contributed by atoms with Crippen molar-refractivity contribution in [1.82, 2.24) is 15.2 Å². The minimum absolute atomic E-state index is 0.00214. The molecular weight excluding hydrogens is 324 g/mol. The van der Waals surface area contributed by atoms with Gasteiger partial charge in [-0.05, 0) is 45.0 Å². The Kier molecular flexibility index (Phi) is 5.73. The van der Waals surface area contributed by atoms with Crippen molar-refractivity contribution in [3.05, 3.63) is 18.3 Å². The van der Waals surface area contributed by atoms with E-state index >= 15 is 0 Å². The van der Waals surface area contributed by atoms with Gasteiger partial charge in [0.25, 0.3) is 0 Å². The van der Waals surface area contributed by atoms with E-state index in [0.29, 0.717) is 13.1 Å². The average molecular weight is 348 g/mol. The molecule has 130 valence electrons. The van der Waals surface area contributed by atoms with E-state index in [9.17, 15) is 9.59 Å². The molecule has 0 bridgehead atoms. The van der Waals surface area contributed by atoms with Gasteiger partial charge in [-0.2, -0.15) is 0 Å². The van der Waals surface area contributed by atoms with Crippen molar-refractivity contribution in [3.63, 3.8) is 0 Å². The fourth-order valence-corrected chi connectivity index (χ4v) is 4.36. The van der Waals surface area contributed by atoms with Crippen molar-refractivity contribution in [2.24, 2.45) is 0 Å². The van der Waals surface area contributed by atoms with E-state index in [4.69, 9.17) is 0 Å². The highest BCUT2D eigenvalue weighted by Crippen LogP contribution is 2.38. The van der Waals surface area contributed by atoms with Crippen molar-refractivity contribution >= 4 is 29.3 Å². The van der Waals surface area contributed by atoms with Gasteiger partial charge < -0.3 is 15.1 Å². The van der Waals surface area contributed by atoms with E-state index in [1.165, 1.54) is 24.6 Å². The Morgan fingerprint density at radius 3 is 2.96 bits per heavy atom. The predicted molar refractivity (Wildman–Crippen MR) is 95.2 cm³/mol. The monoisotopic (exact) mass is 348 g/mol. The molecule has 3 rings (SSSR count). The van der Waals surface area contributed by atoms with Crippen LogP contribution in [-0.2, 0) is 9.59 Å². The van der Waals surface area contributed by atoms with Crippen LogP contribution < -0.4 is 10.2 Å². The molecule has 0 aliphatic carbocycles. The number of hydrogen-bond acceptors (Lipinski definition) is 5. The van der Waals surface area contributed by atoms with Crippen LogP contribution in [0.3, 0.4) is 0 Å². The fraction of sp³-hybridized carbons (Fsp3) is 0.588. The van der Waals surface area contributed by atoms with E-state index < -0.39 is 0 Å². The summed E-state index contributed by atoms with van der Waals surface area (Å²) in [5.74, 6) is -0.0619. The van der Waals surface area contributed by atoms with Gasteiger partial charge in [0.2, 0.25) is 11.8 Å². The Labute approximate surface area is 147 Å². The quantitative estimate of drug-likeness (QED) is 0.844. The number of likely N-dealkylation sites (tertiary alicyclic amines) is 1. The summed E-state index contributed by atoms with van der Waals surface area (Å²) in [6.07, 6.45) is 4.43. The van der Waals surface area contributed by atoms with Gasteiger partial charge >= 0.3 is 0 Å². The number of anilines is 1. The second kappa shape index (κ2) is 7.98. The molecule has 2 aliphatic heterocycles. The molecule has 1 atom stereocenters. The second-order valence-corrected chi connectivity index (χ2v) is 7.31. The number of nitrogens with zero attached hydrogens (tertiary/aromatic N) is 3. The molecule has 2 amide bonds. The van der Waals surface area contributed by atoms with Crippen LogP contribution in [0, 0.1) is 0 Å². The summed E-state index contributed by atoms with van der Waals surface area (Å²) in [5.41, 5.74) is 0.848. The van der Waals surface area contributed by atoms with Crippen LogP contribution in [0.4, 0.5) is 5.69 Å². The van der Waals surface area contributed by atoms with Crippen molar-refractivity contribution < 1.29 is 9.59 Å². The molecule has 1 unspecified atom stereocenters. The molecule has 0 saturated carbocycles. The third-order valence-corrected chi connectivity index (χ3v) is 5.66. The molecule has 0 radical (unpaired) electrons. The Morgan fingerprint density at radius 2 is 2.21 bits per heavy atom.